The highest BCUT2D eigenvalue weighted by Crippen LogP contribution is 2.32. The van der Waals surface area contributed by atoms with Gasteiger partial charge in [0.2, 0.25) is 11.8 Å². The number of fused-ring (bicyclic) bond motifs is 1. The van der Waals surface area contributed by atoms with Crippen molar-refractivity contribution in [3.63, 3.8) is 0 Å². The lowest BCUT2D eigenvalue weighted by atomic mass is 9.79. The molecule has 2 saturated heterocycles. The molecule has 0 saturated carbocycles. The molecule has 44 heavy (non-hydrogen) atoms. The molecule has 2 aliphatic heterocycles. The zero-order valence-electron chi connectivity index (χ0n) is 26.7. The summed E-state index contributed by atoms with van der Waals surface area (Å²) in [6.45, 7) is 9.78. The number of nitrogens with zero attached hydrogens (tertiary/aromatic N) is 2. The van der Waals surface area contributed by atoms with Crippen LogP contribution in [-0.2, 0) is 27.2 Å². The van der Waals surface area contributed by atoms with Crippen LogP contribution in [0.3, 0.4) is 0 Å². The number of carbonyl (C=O) groups is 3. The van der Waals surface area contributed by atoms with Gasteiger partial charge in [-0.05, 0) is 80.7 Å². The Hall–Kier alpha value is -3.87. The van der Waals surface area contributed by atoms with Gasteiger partial charge in [-0.25, -0.2) is 4.79 Å². The highest BCUT2D eigenvalue weighted by atomic mass is 16.6. The summed E-state index contributed by atoms with van der Waals surface area (Å²) in [5, 5.41) is 5.46. The normalized spacial score (nSPS) is 19.3. The molecule has 2 aliphatic rings. The van der Waals surface area contributed by atoms with Gasteiger partial charge in [0.25, 0.3) is 0 Å². The van der Waals surface area contributed by atoms with Crippen LogP contribution in [0.1, 0.15) is 64.5 Å². The Labute approximate surface area is 261 Å². The van der Waals surface area contributed by atoms with Crippen molar-refractivity contribution >= 4 is 28.7 Å². The lowest BCUT2D eigenvalue weighted by Gasteiger charge is -2.40. The second-order valence-corrected chi connectivity index (χ2v) is 13.9. The maximum atomic E-state index is 14.2. The number of carbonyl (C=O) groups excluding carboxylic acids is 3. The van der Waals surface area contributed by atoms with Gasteiger partial charge in [0, 0.05) is 38.0 Å². The number of piperidine rings is 2. The molecule has 0 aliphatic carbocycles. The monoisotopic (exact) mass is 597 g/mol. The van der Waals surface area contributed by atoms with Gasteiger partial charge in [-0.2, -0.15) is 0 Å². The fraction of sp³-hybridized carbons (Fsp3) is 0.486. The third-order valence-electron chi connectivity index (χ3n) is 9.12. The summed E-state index contributed by atoms with van der Waals surface area (Å²) >= 11 is 0. The highest BCUT2D eigenvalue weighted by molar-refractivity contribution is 5.91. The first-order valence-electron chi connectivity index (χ1n) is 16.1. The Morgan fingerprint density at radius 1 is 0.886 bits per heavy atom. The summed E-state index contributed by atoms with van der Waals surface area (Å²) in [6, 6.07) is 24.2. The van der Waals surface area contributed by atoms with E-state index in [1.54, 1.807) is 4.90 Å². The molecule has 3 aromatic carbocycles. The molecule has 2 fully saturated rings. The van der Waals surface area contributed by atoms with E-state index < -0.39 is 17.1 Å². The Morgan fingerprint density at radius 3 is 2.27 bits per heavy atom. The fourth-order valence-electron chi connectivity index (χ4n) is 6.47. The van der Waals surface area contributed by atoms with Crippen molar-refractivity contribution < 1.29 is 19.1 Å². The van der Waals surface area contributed by atoms with Gasteiger partial charge >= 0.3 is 6.09 Å². The molecule has 0 bridgehead atoms. The molecule has 1 N–H and O–H groups in total. The SMILES string of the molecule is CC(C)(C)OC(=O)N1CCC(C)(C(=O)NC(Cc2ccc3ccccc3c2)C(=O)N2CCCC(Cc3ccccc3)C2)CC1. The van der Waals surface area contributed by atoms with E-state index in [4.69, 9.17) is 4.74 Å². The topological polar surface area (TPSA) is 79.0 Å². The van der Waals surface area contributed by atoms with Gasteiger partial charge in [-0.3, -0.25) is 9.59 Å². The minimum atomic E-state index is -0.682. The third kappa shape index (κ3) is 7.99. The molecule has 7 nitrogen and oxygen atoms in total. The third-order valence-corrected chi connectivity index (χ3v) is 9.12. The van der Waals surface area contributed by atoms with Crippen LogP contribution >= 0.6 is 0 Å². The summed E-state index contributed by atoms with van der Waals surface area (Å²) in [7, 11) is 0. The maximum absolute atomic E-state index is 14.2. The van der Waals surface area contributed by atoms with Crippen LogP contribution in [-0.4, -0.2) is 65.5 Å². The van der Waals surface area contributed by atoms with E-state index in [1.165, 1.54) is 5.56 Å². The van der Waals surface area contributed by atoms with E-state index in [-0.39, 0.29) is 17.9 Å². The van der Waals surface area contributed by atoms with Gasteiger partial charge in [-0.15, -0.1) is 0 Å². The molecule has 0 spiro atoms. The quantitative estimate of drug-likeness (QED) is 0.343. The van der Waals surface area contributed by atoms with Crippen molar-refractivity contribution in [2.75, 3.05) is 26.2 Å². The molecule has 5 rings (SSSR count). The smallest absolute Gasteiger partial charge is 0.410 e. The number of amides is 3. The minimum Gasteiger partial charge on any atom is -0.444 e. The van der Waals surface area contributed by atoms with Crippen LogP contribution in [0.4, 0.5) is 4.79 Å². The summed E-state index contributed by atoms with van der Waals surface area (Å²) in [6.07, 6.45) is 4.09. The summed E-state index contributed by atoms with van der Waals surface area (Å²) in [4.78, 5) is 44.4. The number of hydrogen-bond donors (Lipinski definition) is 1. The molecule has 3 amide bonds. The molecule has 234 valence electrons. The van der Waals surface area contributed by atoms with E-state index >= 15 is 0 Å². The predicted octanol–water partition coefficient (Wildman–Crippen LogP) is 6.39. The van der Waals surface area contributed by atoms with Gasteiger partial charge in [-0.1, -0.05) is 79.7 Å². The van der Waals surface area contributed by atoms with E-state index in [1.807, 2.05) is 50.8 Å². The first kappa shape index (κ1) is 31.6. The second kappa shape index (κ2) is 13.4. The lowest BCUT2D eigenvalue weighted by molar-refractivity contribution is -0.141. The van der Waals surface area contributed by atoms with E-state index in [9.17, 15) is 14.4 Å². The summed E-state index contributed by atoms with van der Waals surface area (Å²) < 4.78 is 5.55. The Bertz CT molecular complexity index is 1460. The number of ether oxygens (including phenoxy) is 1. The average molecular weight is 598 g/mol. The minimum absolute atomic E-state index is 0.0148. The van der Waals surface area contributed by atoms with E-state index in [0.717, 1.165) is 35.6 Å². The zero-order chi connectivity index (χ0) is 31.3. The number of rotatable bonds is 7. The van der Waals surface area contributed by atoms with Gasteiger partial charge in [0.1, 0.15) is 11.6 Å². The van der Waals surface area contributed by atoms with Crippen molar-refractivity contribution in [3.8, 4) is 0 Å². The molecule has 2 atom stereocenters. The first-order valence-corrected chi connectivity index (χ1v) is 16.1. The molecular weight excluding hydrogens is 550 g/mol. The van der Waals surface area contributed by atoms with Gasteiger partial charge in [0.15, 0.2) is 0 Å². The van der Waals surface area contributed by atoms with Gasteiger partial charge in [0.05, 0.1) is 0 Å². The van der Waals surface area contributed by atoms with Crippen molar-refractivity contribution in [2.24, 2.45) is 11.3 Å². The standard InChI is InChI=1S/C37H47N3O4/c1-36(2,3)44-35(43)39-21-18-37(4,19-22-39)34(42)38-32(25-28-16-17-30-14-8-9-15-31(30)24-28)33(41)40-20-10-13-29(26-40)23-27-11-6-5-7-12-27/h5-9,11-12,14-17,24,29,32H,10,13,18-23,25-26H2,1-4H3,(H,38,42). The predicted molar refractivity (Wildman–Crippen MR) is 174 cm³/mol. The maximum Gasteiger partial charge on any atom is 0.410 e. The molecule has 7 heteroatoms. The van der Waals surface area contributed by atoms with Crippen LogP contribution < -0.4 is 5.32 Å². The van der Waals surface area contributed by atoms with Crippen molar-refractivity contribution in [1.29, 1.82) is 0 Å². The van der Waals surface area contributed by atoms with Crippen LogP contribution in [0.15, 0.2) is 72.8 Å². The van der Waals surface area contributed by atoms with Crippen LogP contribution in [0, 0.1) is 11.3 Å². The number of benzene rings is 3. The van der Waals surface area contributed by atoms with Crippen LogP contribution in [0.25, 0.3) is 10.8 Å². The fourth-order valence-corrected chi connectivity index (χ4v) is 6.47. The summed E-state index contributed by atoms with van der Waals surface area (Å²) in [5.41, 5.74) is 1.06. The van der Waals surface area contributed by atoms with E-state index in [0.29, 0.717) is 51.4 Å². The van der Waals surface area contributed by atoms with Crippen molar-refractivity contribution in [3.05, 3.63) is 83.9 Å². The Balaban J connectivity index is 1.30. The number of likely N-dealkylation sites (tertiary alicyclic amines) is 2. The molecular formula is C37H47N3O4. The van der Waals surface area contributed by atoms with Gasteiger partial charge < -0.3 is 19.9 Å². The van der Waals surface area contributed by atoms with Crippen LogP contribution in [0.5, 0.6) is 0 Å². The molecule has 2 unspecified atom stereocenters. The number of nitrogens with one attached hydrogen (secondary N) is 1. The molecule has 0 aromatic heterocycles. The molecule has 3 aromatic rings. The average Bonchev–Trinajstić information content (AvgIpc) is 3.00. The lowest BCUT2D eigenvalue weighted by Crippen LogP contribution is -2.56. The summed E-state index contributed by atoms with van der Waals surface area (Å²) in [5.74, 6) is 0.249. The molecule has 0 radical (unpaired) electrons. The first-order chi connectivity index (χ1) is 21.0. The zero-order valence-corrected chi connectivity index (χ0v) is 26.7. The second-order valence-electron chi connectivity index (χ2n) is 13.9. The van der Waals surface area contributed by atoms with Crippen molar-refractivity contribution in [2.45, 2.75) is 77.9 Å². The van der Waals surface area contributed by atoms with Crippen molar-refractivity contribution in [1.82, 2.24) is 15.1 Å². The molecule has 2 heterocycles. The number of hydrogen-bond acceptors (Lipinski definition) is 4. The Morgan fingerprint density at radius 2 is 1.57 bits per heavy atom. The van der Waals surface area contributed by atoms with Crippen LogP contribution in [0.2, 0.25) is 0 Å². The van der Waals surface area contributed by atoms with E-state index in [2.05, 4.69) is 59.9 Å². The largest absolute Gasteiger partial charge is 0.444 e. The highest BCUT2D eigenvalue weighted by Gasteiger charge is 2.41. The Kier molecular flexibility index (Phi) is 9.62.